The first-order valence-corrected chi connectivity index (χ1v) is 6.32. The molecule has 0 radical (unpaired) electrons. The van der Waals surface area contributed by atoms with Gasteiger partial charge in [0.1, 0.15) is 5.15 Å². The molecule has 1 aliphatic rings. The van der Waals surface area contributed by atoms with Gasteiger partial charge in [0.15, 0.2) is 5.78 Å². The third-order valence-corrected chi connectivity index (χ3v) is 4.13. The van der Waals surface area contributed by atoms with Crippen molar-refractivity contribution >= 4 is 17.4 Å². The quantitative estimate of drug-likeness (QED) is 0.895. The Kier molecular flexibility index (Phi) is 3.27. The number of carbonyl (C=O) groups is 1. The van der Waals surface area contributed by atoms with Crippen molar-refractivity contribution in [2.75, 3.05) is 0 Å². The molecule has 0 bridgehead atoms. The van der Waals surface area contributed by atoms with E-state index in [-0.39, 0.29) is 5.78 Å². The average molecular weight is 256 g/mol. The van der Waals surface area contributed by atoms with Crippen molar-refractivity contribution < 1.29 is 4.79 Å². The summed E-state index contributed by atoms with van der Waals surface area (Å²) in [6.07, 6.45) is 3.98. The highest BCUT2D eigenvalue weighted by atomic mass is 35.5. The summed E-state index contributed by atoms with van der Waals surface area (Å²) in [6.45, 7) is 1.87. The predicted octanol–water partition coefficient (Wildman–Crippen LogP) is 1.77. The number of hydrogen-bond donors (Lipinski definition) is 1. The summed E-state index contributed by atoms with van der Waals surface area (Å²) in [6, 6.07) is 0. The molecule has 17 heavy (non-hydrogen) atoms. The van der Waals surface area contributed by atoms with E-state index in [1.165, 1.54) is 0 Å². The van der Waals surface area contributed by atoms with Gasteiger partial charge >= 0.3 is 0 Å². The van der Waals surface area contributed by atoms with E-state index in [1.54, 1.807) is 11.7 Å². The summed E-state index contributed by atoms with van der Waals surface area (Å²) in [5.74, 6) is 0.0907. The Morgan fingerprint density at radius 3 is 2.59 bits per heavy atom. The van der Waals surface area contributed by atoms with E-state index < -0.39 is 5.54 Å². The lowest BCUT2D eigenvalue weighted by Crippen LogP contribution is -2.46. The van der Waals surface area contributed by atoms with Crippen LogP contribution in [-0.4, -0.2) is 21.1 Å². The highest BCUT2D eigenvalue weighted by Gasteiger charge is 2.37. The number of hydrogen-bond acceptors (Lipinski definition) is 3. The summed E-state index contributed by atoms with van der Waals surface area (Å²) in [5.41, 5.74) is 7.13. The van der Waals surface area contributed by atoms with Crippen LogP contribution in [0.4, 0.5) is 0 Å². The lowest BCUT2D eigenvalue weighted by atomic mass is 9.89. The number of aryl methyl sites for hydroxylation is 2. The molecular formula is C12H18ClN3O. The second-order valence-electron chi connectivity index (χ2n) is 4.94. The van der Waals surface area contributed by atoms with Gasteiger partial charge in [-0.05, 0) is 19.8 Å². The molecule has 1 saturated carbocycles. The largest absolute Gasteiger partial charge is 0.319 e. The topological polar surface area (TPSA) is 60.9 Å². The van der Waals surface area contributed by atoms with Crippen LogP contribution in [0.5, 0.6) is 0 Å². The molecule has 1 aromatic rings. The lowest BCUT2D eigenvalue weighted by molar-refractivity contribution is -0.123. The van der Waals surface area contributed by atoms with Gasteiger partial charge in [0.05, 0.1) is 11.2 Å². The average Bonchev–Trinajstić information content (AvgIpc) is 2.80. The second kappa shape index (κ2) is 4.42. The predicted molar refractivity (Wildman–Crippen MR) is 67.1 cm³/mol. The van der Waals surface area contributed by atoms with Crippen molar-refractivity contribution in [2.24, 2.45) is 12.8 Å². The van der Waals surface area contributed by atoms with E-state index in [0.29, 0.717) is 11.6 Å². The van der Waals surface area contributed by atoms with Gasteiger partial charge in [0.25, 0.3) is 0 Å². The summed E-state index contributed by atoms with van der Waals surface area (Å²) in [5, 5.41) is 4.74. The molecular weight excluding hydrogens is 238 g/mol. The summed E-state index contributed by atoms with van der Waals surface area (Å²) < 4.78 is 1.59. The molecule has 1 aromatic heterocycles. The first kappa shape index (κ1) is 12.6. The third kappa shape index (κ3) is 2.24. The van der Waals surface area contributed by atoms with E-state index in [2.05, 4.69) is 5.10 Å². The molecule has 0 spiro atoms. The first-order valence-electron chi connectivity index (χ1n) is 5.94. The number of nitrogens with two attached hydrogens (primary N) is 1. The number of halogens is 1. The van der Waals surface area contributed by atoms with Gasteiger partial charge in [0, 0.05) is 19.0 Å². The van der Waals surface area contributed by atoms with Gasteiger partial charge in [-0.25, -0.2) is 0 Å². The number of Topliss-reactive ketones (excluding diaryl/α,β-unsaturated/α-hetero) is 1. The number of nitrogens with zero attached hydrogens (tertiary/aromatic N) is 2. The van der Waals surface area contributed by atoms with E-state index in [1.807, 2.05) is 6.92 Å². The smallest absolute Gasteiger partial charge is 0.157 e. The maximum absolute atomic E-state index is 12.2. The fraction of sp³-hybridized carbons (Fsp3) is 0.667. The highest BCUT2D eigenvalue weighted by Crippen LogP contribution is 2.30. The summed E-state index contributed by atoms with van der Waals surface area (Å²) >= 11 is 6.12. The molecule has 1 heterocycles. The first-order chi connectivity index (χ1) is 7.94. The number of aromatic nitrogens is 2. The van der Waals surface area contributed by atoms with Gasteiger partial charge in [-0.1, -0.05) is 24.4 Å². The fourth-order valence-electron chi connectivity index (χ4n) is 2.50. The molecule has 0 aliphatic heterocycles. The highest BCUT2D eigenvalue weighted by molar-refractivity contribution is 6.30. The van der Waals surface area contributed by atoms with Gasteiger partial charge in [-0.2, -0.15) is 5.10 Å². The van der Waals surface area contributed by atoms with Gasteiger partial charge in [-0.3, -0.25) is 9.48 Å². The molecule has 94 valence electrons. The maximum Gasteiger partial charge on any atom is 0.157 e. The van der Waals surface area contributed by atoms with Crippen LogP contribution in [0.25, 0.3) is 0 Å². The van der Waals surface area contributed by atoms with E-state index in [4.69, 9.17) is 17.3 Å². The van der Waals surface area contributed by atoms with Crippen LogP contribution in [0.3, 0.4) is 0 Å². The van der Waals surface area contributed by atoms with E-state index >= 15 is 0 Å². The normalized spacial score (nSPS) is 18.6. The number of rotatable bonds is 3. The Morgan fingerprint density at radius 2 is 2.12 bits per heavy atom. The van der Waals surface area contributed by atoms with E-state index in [9.17, 15) is 4.79 Å². The fourth-order valence-corrected chi connectivity index (χ4v) is 2.74. The van der Waals surface area contributed by atoms with Crippen molar-refractivity contribution in [3.8, 4) is 0 Å². The Labute approximate surface area is 106 Å². The Morgan fingerprint density at radius 1 is 1.53 bits per heavy atom. The van der Waals surface area contributed by atoms with Crippen LogP contribution in [0.15, 0.2) is 0 Å². The van der Waals surface area contributed by atoms with Crippen LogP contribution in [-0.2, 0) is 18.3 Å². The molecule has 4 nitrogen and oxygen atoms in total. The zero-order chi connectivity index (χ0) is 12.6. The molecule has 0 aromatic carbocycles. The standard InChI is InChI=1S/C12H18ClN3O/c1-8-9(11(13)16(2)15-8)7-10(17)12(14)5-3-4-6-12/h3-7,14H2,1-2H3. The zero-order valence-electron chi connectivity index (χ0n) is 10.3. The van der Waals surface area contributed by atoms with Crippen LogP contribution in [0.1, 0.15) is 36.9 Å². The van der Waals surface area contributed by atoms with Crippen LogP contribution in [0.2, 0.25) is 5.15 Å². The molecule has 0 atom stereocenters. The lowest BCUT2D eigenvalue weighted by Gasteiger charge is -2.21. The Balaban J connectivity index is 2.18. The van der Waals surface area contributed by atoms with Crippen molar-refractivity contribution in [3.63, 3.8) is 0 Å². The molecule has 0 saturated heterocycles. The molecule has 2 rings (SSSR count). The molecule has 5 heteroatoms. The van der Waals surface area contributed by atoms with Crippen molar-refractivity contribution in [1.82, 2.24) is 9.78 Å². The van der Waals surface area contributed by atoms with Gasteiger partial charge in [0.2, 0.25) is 0 Å². The molecule has 0 amide bonds. The van der Waals surface area contributed by atoms with Crippen molar-refractivity contribution in [1.29, 1.82) is 0 Å². The number of carbonyl (C=O) groups excluding carboxylic acids is 1. The summed E-state index contributed by atoms with van der Waals surface area (Å²) in [4.78, 5) is 12.2. The minimum atomic E-state index is -0.633. The zero-order valence-corrected chi connectivity index (χ0v) is 11.0. The molecule has 1 fully saturated rings. The van der Waals surface area contributed by atoms with Crippen LogP contribution in [0, 0.1) is 6.92 Å². The maximum atomic E-state index is 12.2. The molecule has 0 unspecified atom stereocenters. The van der Waals surface area contributed by atoms with Crippen LogP contribution >= 0.6 is 11.6 Å². The number of ketones is 1. The van der Waals surface area contributed by atoms with Crippen molar-refractivity contribution in [2.45, 2.75) is 44.6 Å². The molecule has 2 N–H and O–H groups in total. The van der Waals surface area contributed by atoms with Gasteiger partial charge < -0.3 is 5.73 Å². The third-order valence-electron chi connectivity index (χ3n) is 3.66. The summed E-state index contributed by atoms with van der Waals surface area (Å²) in [7, 11) is 1.77. The van der Waals surface area contributed by atoms with E-state index in [0.717, 1.165) is 36.9 Å². The van der Waals surface area contributed by atoms with Gasteiger partial charge in [-0.15, -0.1) is 0 Å². The Hall–Kier alpha value is -0.870. The SMILES string of the molecule is Cc1nn(C)c(Cl)c1CC(=O)C1(N)CCCC1. The van der Waals surface area contributed by atoms with Crippen molar-refractivity contribution in [3.05, 3.63) is 16.4 Å². The Bertz CT molecular complexity index is 447. The van der Waals surface area contributed by atoms with Crippen LogP contribution < -0.4 is 5.73 Å². The minimum absolute atomic E-state index is 0.0907. The molecule has 1 aliphatic carbocycles. The minimum Gasteiger partial charge on any atom is -0.319 e. The monoisotopic (exact) mass is 255 g/mol. The second-order valence-corrected chi connectivity index (χ2v) is 5.30.